The van der Waals surface area contributed by atoms with Crippen LogP contribution in [-0.4, -0.2) is 17.8 Å². The summed E-state index contributed by atoms with van der Waals surface area (Å²) in [5.74, 6) is 0.833. The molecule has 2 nitrogen and oxygen atoms in total. The van der Waals surface area contributed by atoms with E-state index >= 15 is 0 Å². The lowest BCUT2D eigenvalue weighted by molar-refractivity contribution is 0.0925. The fourth-order valence-corrected chi connectivity index (χ4v) is 1.90. The van der Waals surface area contributed by atoms with E-state index < -0.39 is 0 Å². The lowest BCUT2D eigenvalue weighted by atomic mass is 10.0. The van der Waals surface area contributed by atoms with Crippen molar-refractivity contribution in [3.63, 3.8) is 0 Å². The fourth-order valence-electron chi connectivity index (χ4n) is 1.54. The van der Waals surface area contributed by atoms with Crippen LogP contribution in [0.25, 0.3) is 0 Å². The molecule has 4 heteroatoms. The highest BCUT2D eigenvalue weighted by Gasteiger charge is 2.16. The smallest absolute Gasteiger partial charge is 0.251 e. The standard InChI is InChI=1S/C13H17Cl2NO/c1-9(2)12(7-8-14)16-13(17)10-3-5-11(15)6-4-10/h3-6,9,12H,7-8H2,1-2H3,(H,16,17). The molecule has 17 heavy (non-hydrogen) atoms. The first-order valence-electron chi connectivity index (χ1n) is 5.67. The summed E-state index contributed by atoms with van der Waals surface area (Å²) in [6.45, 7) is 4.14. The predicted octanol–water partition coefficient (Wildman–Crippen LogP) is 3.72. The molecule has 0 aliphatic heterocycles. The molecule has 0 fully saturated rings. The average Bonchev–Trinajstić information content (AvgIpc) is 2.29. The van der Waals surface area contributed by atoms with Crippen molar-refractivity contribution < 1.29 is 4.79 Å². The Hall–Kier alpha value is -0.730. The van der Waals surface area contributed by atoms with E-state index in [0.29, 0.717) is 22.4 Å². The van der Waals surface area contributed by atoms with Crippen molar-refractivity contribution in [2.24, 2.45) is 5.92 Å². The molecule has 0 radical (unpaired) electrons. The van der Waals surface area contributed by atoms with Gasteiger partial charge in [0.15, 0.2) is 0 Å². The minimum Gasteiger partial charge on any atom is -0.349 e. The Bertz CT molecular complexity index is 362. The molecule has 0 spiro atoms. The van der Waals surface area contributed by atoms with Gasteiger partial charge in [0.1, 0.15) is 0 Å². The Morgan fingerprint density at radius 2 is 1.88 bits per heavy atom. The third kappa shape index (κ3) is 4.57. The quantitative estimate of drug-likeness (QED) is 0.814. The van der Waals surface area contributed by atoms with Gasteiger partial charge >= 0.3 is 0 Å². The second kappa shape index (κ2) is 6.87. The highest BCUT2D eigenvalue weighted by atomic mass is 35.5. The van der Waals surface area contributed by atoms with Gasteiger partial charge in [-0.25, -0.2) is 0 Å². The van der Waals surface area contributed by atoms with Crippen LogP contribution in [0.5, 0.6) is 0 Å². The number of hydrogen-bond donors (Lipinski definition) is 1. The van der Waals surface area contributed by atoms with Crippen molar-refractivity contribution in [1.82, 2.24) is 5.32 Å². The van der Waals surface area contributed by atoms with Gasteiger partial charge in [0.05, 0.1) is 0 Å². The largest absolute Gasteiger partial charge is 0.349 e. The maximum Gasteiger partial charge on any atom is 0.251 e. The molecule has 0 bridgehead atoms. The monoisotopic (exact) mass is 273 g/mol. The molecule has 1 aromatic rings. The average molecular weight is 274 g/mol. The summed E-state index contributed by atoms with van der Waals surface area (Å²) in [4.78, 5) is 11.9. The van der Waals surface area contributed by atoms with Gasteiger partial charge in [-0.1, -0.05) is 25.4 Å². The number of benzene rings is 1. The van der Waals surface area contributed by atoms with E-state index in [2.05, 4.69) is 19.2 Å². The van der Waals surface area contributed by atoms with Crippen molar-refractivity contribution in [1.29, 1.82) is 0 Å². The summed E-state index contributed by atoms with van der Waals surface area (Å²) >= 11 is 11.5. The number of halogens is 2. The molecule has 94 valence electrons. The maximum absolute atomic E-state index is 11.9. The van der Waals surface area contributed by atoms with Gasteiger partial charge in [0.25, 0.3) is 5.91 Å². The molecular formula is C13H17Cl2NO. The van der Waals surface area contributed by atoms with Crippen LogP contribution in [0.3, 0.4) is 0 Å². The van der Waals surface area contributed by atoms with Crippen molar-refractivity contribution in [3.8, 4) is 0 Å². The summed E-state index contributed by atoms with van der Waals surface area (Å²) in [6.07, 6.45) is 0.776. The summed E-state index contributed by atoms with van der Waals surface area (Å²) in [7, 11) is 0. The number of carbonyl (C=O) groups is 1. The van der Waals surface area contributed by atoms with Gasteiger partial charge in [-0.15, -0.1) is 11.6 Å². The third-order valence-electron chi connectivity index (χ3n) is 2.65. The first-order chi connectivity index (χ1) is 8.04. The van der Waals surface area contributed by atoms with Crippen molar-refractivity contribution in [3.05, 3.63) is 34.9 Å². The molecule has 0 saturated carbocycles. The Kier molecular flexibility index (Phi) is 5.79. The zero-order chi connectivity index (χ0) is 12.8. The molecule has 0 aromatic heterocycles. The first-order valence-corrected chi connectivity index (χ1v) is 6.58. The topological polar surface area (TPSA) is 29.1 Å². The predicted molar refractivity (Wildman–Crippen MR) is 72.9 cm³/mol. The SMILES string of the molecule is CC(C)C(CCCl)NC(=O)c1ccc(Cl)cc1. The second-order valence-corrected chi connectivity index (χ2v) is 5.12. The highest BCUT2D eigenvalue weighted by molar-refractivity contribution is 6.30. The number of hydrogen-bond acceptors (Lipinski definition) is 1. The van der Waals surface area contributed by atoms with Crippen LogP contribution >= 0.6 is 23.2 Å². The molecule has 1 atom stereocenters. The normalized spacial score (nSPS) is 12.5. The summed E-state index contributed by atoms with van der Waals surface area (Å²) in [6, 6.07) is 6.96. The van der Waals surface area contributed by atoms with Crippen LogP contribution in [0.2, 0.25) is 5.02 Å². The lowest BCUT2D eigenvalue weighted by Gasteiger charge is -2.21. The van der Waals surface area contributed by atoms with E-state index in [9.17, 15) is 4.79 Å². The fraction of sp³-hybridized carbons (Fsp3) is 0.462. The van der Waals surface area contributed by atoms with E-state index in [-0.39, 0.29) is 11.9 Å². The Morgan fingerprint density at radius 1 is 1.29 bits per heavy atom. The molecular weight excluding hydrogens is 257 g/mol. The highest BCUT2D eigenvalue weighted by Crippen LogP contribution is 2.12. The second-order valence-electron chi connectivity index (χ2n) is 4.31. The van der Waals surface area contributed by atoms with Gasteiger partial charge in [-0.2, -0.15) is 0 Å². The molecule has 0 aliphatic carbocycles. The molecule has 0 heterocycles. The van der Waals surface area contributed by atoms with Crippen LogP contribution in [0.4, 0.5) is 0 Å². The Balaban J connectivity index is 2.66. The van der Waals surface area contributed by atoms with Gasteiger partial charge in [0, 0.05) is 22.5 Å². The molecule has 1 unspecified atom stereocenters. The molecule has 0 saturated heterocycles. The van der Waals surface area contributed by atoms with E-state index in [1.165, 1.54) is 0 Å². The van der Waals surface area contributed by atoms with E-state index in [0.717, 1.165) is 6.42 Å². The summed E-state index contributed by atoms with van der Waals surface area (Å²) < 4.78 is 0. The molecule has 1 rings (SSSR count). The third-order valence-corrected chi connectivity index (χ3v) is 3.12. The number of carbonyl (C=O) groups excluding carboxylic acids is 1. The maximum atomic E-state index is 11.9. The summed E-state index contributed by atoms with van der Waals surface area (Å²) in [5, 5.41) is 3.61. The van der Waals surface area contributed by atoms with Crippen LogP contribution in [0.15, 0.2) is 24.3 Å². The molecule has 0 aliphatic rings. The first kappa shape index (κ1) is 14.3. The summed E-state index contributed by atoms with van der Waals surface area (Å²) in [5.41, 5.74) is 0.620. The van der Waals surface area contributed by atoms with Crippen LogP contribution < -0.4 is 5.32 Å². The Morgan fingerprint density at radius 3 is 2.35 bits per heavy atom. The number of amides is 1. The van der Waals surface area contributed by atoms with Crippen molar-refractivity contribution in [2.45, 2.75) is 26.3 Å². The molecule has 1 aromatic carbocycles. The van der Waals surface area contributed by atoms with E-state index in [1.807, 2.05) is 0 Å². The number of nitrogens with one attached hydrogen (secondary N) is 1. The minimum atomic E-state index is -0.0783. The zero-order valence-corrected chi connectivity index (χ0v) is 11.6. The van der Waals surface area contributed by atoms with Crippen LogP contribution in [0, 0.1) is 5.92 Å². The van der Waals surface area contributed by atoms with Crippen LogP contribution in [-0.2, 0) is 0 Å². The van der Waals surface area contributed by atoms with Crippen LogP contribution in [0.1, 0.15) is 30.6 Å². The molecule has 1 amide bonds. The van der Waals surface area contributed by atoms with E-state index in [4.69, 9.17) is 23.2 Å². The lowest BCUT2D eigenvalue weighted by Crippen LogP contribution is -2.38. The van der Waals surface area contributed by atoms with Gasteiger partial charge < -0.3 is 5.32 Å². The van der Waals surface area contributed by atoms with Gasteiger partial charge in [-0.05, 0) is 36.6 Å². The number of rotatable bonds is 5. The Labute approximate surface area is 112 Å². The van der Waals surface area contributed by atoms with E-state index in [1.54, 1.807) is 24.3 Å². The van der Waals surface area contributed by atoms with Crippen molar-refractivity contribution >= 4 is 29.1 Å². The van der Waals surface area contributed by atoms with Gasteiger partial charge in [0.2, 0.25) is 0 Å². The van der Waals surface area contributed by atoms with Gasteiger partial charge in [-0.3, -0.25) is 4.79 Å². The van der Waals surface area contributed by atoms with Crippen molar-refractivity contribution in [2.75, 3.05) is 5.88 Å². The minimum absolute atomic E-state index is 0.0783. The number of alkyl halides is 1. The molecule has 1 N–H and O–H groups in total. The zero-order valence-electron chi connectivity index (χ0n) is 10.0.